The van der Waals surface area contributed by atoms with Gasteiger partial charge in [0.15, 0.2) is 5.78 Å². The van der Waals surface area contributed by atoms with E-state index in [2.05, 4.69) is 0 Å². The molecule has 1 fully saturated rings. The Morgan fingerprint density at radius 3 is 2.21 bits per heavy atom. The highest BCUT2D eigenvalue weighted by atomic mass is 19.4. The molecule has 2 aromatic carbocycles. The number of carbonyl (C=O) groups excluding carboxylic acids is 3. The van der Waals surface area contributed by atoms with E-state index in [9.17, 15) is 27.6 Å². The van der Waals surface area contributed by atoms with Gasteiger partial charge in [0.1, 0.15) is 0 Å². The van der Waals surface area contributed by atoms with E-state index < -0.39 is 17.6 Å². The van der Waals surface area contributed by atoms with Gasteiger partial charge in [-0.3, -0.25) is 14.4 Å². The number of Topliss-reactive ketones (excluding diaryl/α,β-unsaturated/α-hetero) is 1. The third kappa shape index (κ3) is 5.10. The molecule has 1 heterocycles. The van der Waals surface area contributed by atoms with Crippen LogP contribution >= 0.6 is 0 Å². The minimum atomic E-state index is -4.62. The molecule has 0 N–H and O–H groups in total. The number of ketones is 1. The molecule has 1 aliphatic heterocycles. The fraction of sp³-hybridized carbons (Fsp3) is 0.400. The number of piperazine rings is 1. The van der Waals surface area contributed by atoms with Crippen LogP contribution in [0.4, 0.5) is 13.2 Å². The zero-order valence-corrected chi connectivity index (χ0v) is 18.2. The van der Waals surface area contributed by atoms with E-state index in [1.807, 2.05) is 18.2 Å². The van der Waals surface area contributed by atoms with Crippen molar-refractivity contribution in [3.05, 3.63) is 70.3 Å². The number of hydrogen-bond acceptors (Lipinski definition) is 3. The number of rotatable bonds is 5. The smallest absolute Gasteiger partial charge is 0.339 e. The second kappa shape index (κ2) is 9.37. The van der Waals surface area contributed by atoms with Gasteiger partial charge in [-0.25, -0.2) is 0 Å². The van der Waals surface area contributed by atoms with Gasteiger partial charge in [-0.1, -0.05) is 24.3 Å². The Bertz CT molecular complexity index is 1070. The molecule has 0 spiro atoms. The summed E-state index contributed by atoms with van der Waals surface area (Å²) in [4.78, 5) is 40.7. The number of benzene rings is 2. The van der Waals surface area contributed by atoms with Crippen molar-refractivity contribution >= 4 is 17.6 Å². The zero-order valence-electron chi connectivity index (χ0n) is 18.2. The molecule has 1 aliphatic carbocycles. The Labute approximate surface area is 190 Å². The summed E-state index contributed by atoms with van der Waals surface area (Å²) < 4.78 is 39.7. The molecule has 4 rings (SSSR count). The number of hydrogen-bond donors (Lipinski definition) is 0. The quantitative estimate of drug-likeness (QED) is 0.633. The minimum Gasteiger partial charge on any atom is -0.339 e. The number of fused-ring (bicyclic) bond motifs is 1. The summed E-state index contributed by atoms with van der Waals surface area (Å²) in [6.07, 6.45) is -1.32. The molecule has 5 nitrogen and oxygen atoms in total. The first-order chi connectivity index (χ1) is 15.7. The number of nitrogens with zero attached hydrogens (tertiary/aromatic N) is 2. The molecule has 2 aromatic rings. The topological polar surface area (TPSA) is 57.7 Å². The van der Waals surface area contributed by atoms with Crippen LogP contribution in [0.5, 0.6) is 0 Å². The van der Waals surface area contributed by atoms with Crippen LogP contribution in [0.3, 0.4) is 0 Å². The molecule has 2 aliphatic rings. The van der Waals surface area contributed by atoms with Gasteiger partial charge in [0.05, 0.1) is 11.1 Å². The lowest BCUT2D eigenvalue weighted by Gasteiger charge is -2.35. The van der Waals surface area contributed by atoms with E-state index in [0.717, 1.165) is 25.3 Å². The number of aryl methyl sites for hydroxylation is 2. The van der Waals surface area contributed by atoms with Crippen molar-refractivity contribution in [2.45, 2.75) is 38.3 Å². The van der Waals surface area contributed by atoms with Crippen LogP contribution in [0, 0.1) is 0 Å². The predicted octanol–water partition coefficient (Wildman–Crippen LogP) is 4.14. The second-order valence-corrected chi connectivity index (χ2v) is 8.48. The largest absolute Gasteiger partial charge is 0.417 e. The summed E-state index contributed by atoms with van der Waals surface area (Å²) in [5.41, 5.74) is 1.78. The van der Waals surface area contributed by atoms with Gasteiger partial charge in [-0.2, -0.15) is 13.2 Å². The highest BCUT2D eigenvalue weighted by Crippen LogP contribution is 2.32. The van der Waals surface area contributed by atoms with Crippen LogP contribution < -0.4 is 0 Å². The SMILES string of the molecule is O=C(CCC(=O)N1CCN(C(=O)c2ccccc2C(F)(F)F)CC1)c1ccc2c(c1)CCC2. The Morgan fingerprint density at radius 1 is 0.818 bits per heavy atom. The summed E-state index contributed by atoms with van der Waals surface area (Å²) in [6.45, 7) is 0.753. The third-order valence-electron chi connectivity index (χ3n) is 6.37. The monoisotopic (exact) mass is 458 g/mol. The van der Waals surface area contributed by atoms with Gasteiger partial charge < -0.3 is 9.80 Å². The average molecular weight is 458 g/mol. The molecule has 0 atom stereocenters. The fourth-order valence-corrected chi connectivity index (χ4v) is 4.51. The van der Waals surface area contributed by atoms with Crippen LogP contribution in [0.1, 0.15) is 56.7 Å². The summed E-state index contributed by atoms with van der Waals surface area (Å²) in [6, 6.07) is 10.5. The van der Waals surface area contributed by atoms with E-state index in [0.29, 0.717) is 5.56 Å². The average Bonchev–Trinajstić information content (AvgIpc) is 3.29. The first-order valence-electron chi connectivity index (χ1n) is 11.1. The molecule has 0 radical (unpaired) electrons. The number of halogens is 3. The summed E-state index contributed by atoms with van der Waals surface area (Å²) in [7, 11) is 0. The minimum absolute atomic E-state index is 0.0702. The molecule has 33 heavy (non-hydrogen) atoms. The molecule has 0 unspecified atom stereocenters. The summed E-state index contributed by atoms with van der Waals surface area (Å²) >= 11 is 0. The predicted molar refractivity (Wildman–Crippen MR) is 116 cm³/mol. The Kier molecular flexibility index (Phi) is 6.54. The molecule has 1 saturated heterocycles. The highest BCUT2D eigenvalue weighted by Gasteiger charge is 2.36. The van der Waals surface area contributed by atoms with Crippen molar-refractivity contribution in [2.75, 3.05) is 26.2 Å². The van der Waals surface area contributed by atoms with E-state index in [4.69, 9.17) is 0 Å². The van der Waals surface area contributed by atoms with Crippen molar-refractivity contribution in [1.29, 1.82) is 0 Å². The van der Waals surface area contributed by atoms with Crippen LogP contribution in [0.15, 0.2) is 42.5 Å². The van der Waals surface area contributed by atoms with Crippen molar-refractivity contribution in [2.24, 2.45) is 0 Å². The van der Waals surface area contributed by atoms with E-state index in [1.165, 1.54) is 34.2 Å². The van der Waals surface area contributed by atoms with Crippen molar-refractivity contribution in [3.63, 3.8) is 0 Å². The number of amides is 2. The lowest BCUT2D eigenvalue weighted by Crippen LogP contribution is -2.50. The van der Waals surface area contributed by atoms with Crippen LogP contribution in [0.2, 0.25) is 0 Å². The lowest BCUT2D eigenvalue weighted by atomic mass is 10.0. The molecular formula is C25H25F3N2O3. The first kappa shape index (κ1) is 23.0. The maximum absolute atomic E-state index is 13.2. The fourth-order valence-electron chi connectivity index (χ4n) is 4.51. The van der Waals surface area contributed by atoms with Gasteiger partial charge in [-0.05, 0) is 48.6 Å². The maximum atomic E-state index is 13.2. The van der Waals surface area contributed by atoms with Crippen LogP contribution in [0.25, 0.3) is 0 Å². The molecule has 174 valence electrons. The van der Waals surface area contributed by atoms with Gasteiger partial charge in [-0.15, -0.1) is 0 Å². The second-order valence-electron chi connectivity index (χ2n) is 8.48. The van der Waals surface area contributed by atoms with E-state index in [-0.39, 0.29) is 56.3 Å². The maximum Gasteiger partial charge on any atom is 0.417 e. The zero-order chi connectivity index (χ0) is 23.6. The van der Waals surface area contributed by atoms with Gasteiger partial charge >= 0.3 is 6.18 Å². The third-order valence-corrected chi connectivity index (χ3v) is 6.37. The van der Waals surface area contributed by atoms with Crippen molar-refractivity contribution in [1.82, 2.24) is 9.80 Å². The lowest BCUT2D eigenvalue weighted by molar-refractivity contribution is -0.138. The highest BCUT2D eigenvalue weighted by molar-refractivity contribution is 5.98. The van der Waals surface area contributed by atoms with Crippen molar-refractivity contribution < 1.29 is 27.6 Å². The van der Waals surface area contributed by atoms with Gasteiger partial charge in [0, 0.05) is 44.6 Å². The number of alkyl halides is 3. The van der Waals surface area contributed by atoms with Crippen molar-refractivity contribution in [3.8, 4) is 0 Å². The summed E-state index contributed by atoms with van der Waals surface area (Å²) in [5.74, 6) is -0.954. The van der Waals surface area contributed by atoms with Gasteiger partial charge in [0.2, 0.25) is 5.91 Å². The van der Waals surface area contributed by atoms with Gasteiger partial charge in [0.25, 0.3) is 5.91 Å². The van der Waals surface area contributed by atoms with E-state index in [1.54, 1.807) is 4.90 Å². The Morgan fingerprint density at radius 2 is 1.48 bits per heavy atom. The first-order valence-corrected chi connectivity index (χ1v) is 11.1. The van der Waals surface area contributed by atoms with E-state index >= 15 is 0 Å². The normalized spacial score (nSPS) is 16.0. The van der Waals surface area contributed by atoms with Crippen LogP contribution in [-0.2, 0) is 23.8 Å². The molecule has 0 aromatic heterocycles. The molecular weight excluding hydrogens is 433 g/mol. The Hall–Kier alpha value is -3.16. The molecule has 2 amide bonds. The standard InChI is InChI=1S/C25H25F3N2O3/c26-25(27,28)21-7-2-1-6-20(21)24(33)30-14-12-29(13-15-30)23(32)11-10-22(31)19-9-8-17-4-3-5-18(17)16-19/h1-2,6-9,16H,3-5,10-15H2. The molecule has 0 bridgehead atoms. The Balaban J connectivity index is 1.30. The molecule has 0 saturated carbocycles. The summed E-state index contributed by atoms with van der Waals surface area (Å²) in [5, 5.41) is 0. The molecule has 8 heteroatoms. The van der Waals surface area contributed by atoms with Crippen LogP contribution in [-0.4, -0.2) is 53.6 Å². The number of carbonyl (C=O) groups is 3.